The topological polar surface area (TPSA) is 70.8 Å². The number of para-hydroxylation sites is 1. The summed E-state index contributed by atoms with van der Waals surface area (Å²) in [7, 11) is 0. The maximum atomic E-state index is 12.5. The van der Waals surface area contributed by atoms with Crippen molar-refractivity contribution < 1.29 is 19.1 Å². The number of hydrogen-bond donors (Lipinski definition) is 1. The number of benzene rings is 1. The van der Waals surface area contributed by atoms with Gasteiger partial charge in [-0.25, -0.2) is 4.79 Å². The molecule has 1 aromatic heterocycles. The SMILES string of the molecule is CC1CCN(C(=O)c2cc3cccc(Br)c3o2)C1C(=O)O. The van der Waals surface area contributed by atoms with E-state index in [1.807, 2.05) is 25.1 Å². The van der Waals surface area contributed by atoms with Crippen molar-refractivity contribution >= 4 is 38.8 Å². The van der Waals surface area contributed by atoms with Gasteiger partial charge in [0.05, 0.1) is 4.47 Å². The number of amides is 1. The van der Waals surface area contributed by atoms with Crippen molar-refractivity contribution in [2.75, 3.05) is 6.54 Å². The van der Waals surface area contributed by atoms with Gasteiger partial charge in [-0.1, -0.05) is 19.1 Å². The van der Waals surface area contributed by atoms with Crippen LogP contribution in [0, 0.1) is 5.92 Å². The van der Waals surface area contributed by atoms with Gasteiger partial charge in [-0.3, -0.25) is 4.79 Å². The fourth-order valence-electron chi connectivity index (χ4n) is 2.83. The molecule has 21 heavy (non-hydrogen) atoms. The smallest absolute Gasteiger partial charge is 0.326 e. The molecule has 1 aromatic carbocycles. The van der Waals surface area contributed by atoms with Crippen LogP contribution in [0.5, 0.6) is 0 Å². The average molecular weight is 352 g/mol. The first-order valence-corrected chi connectivity index (χ1v) is 7.50. The highest BCUT2D eigenvalue weighted by molar-refractivity contribution is 9.10. The standard InChI is InChI=1S/C15H14BrNO4/c1-8-5-6-17(12(8)15(19)20)14(18)11-7-9-3-2-4-10(16)13(9)21-11/h2-4,7-8,12H,5-6H2,1H3,(H,19,20). The number of nitrogens with zero attached hydrogens (tertiary/aromatic N) is 1. The van der Waals surface area contributed by atoms with Gasteiger partial charge < -0.3 is 14.4 Å². The lowest BCUT2D eigenvalue weighted by Crippen LogP contribution is -2.42. The molecule has 6 heteroatoms. The summed E-state index contributed by atoms with van der Waals surface area (Å²) >= 11 is 3.37. The van der Waals surface area contributed by atoms with E-state index in [-0.39, 0.29) is 17.6 Å². The lowest BCUT2D eigenvalue weighted by Gasteiger charge is -2.22. The number of rotatable bonds is 2. The largest absolute Gasteiger partial charge is 0.480 e. The normalized spacial score (nSPS) is 21.9. The highest BCUT2D eigenvalue weighted by Crippen LogP contribution is 2.30. The predicted octanol–water partition coefficient (Wildman–Crippen LogP) is 3.13. The second-order valence-electron chi connectivity index (χ2n) is 5.32. The Labute approximate surface area is 129 Å². The number of carboxylic acids is 1. The number of fused-ring (bicyclic) bond motifs is 1. The van der Waals surface area contributed by atoms with E-state index in [4.69, 9.17) is 4.42 Å². The van der Waals surface area contributed by atoms with Crippen LogP contribution in [0.3, 0.4) is 0 Å². The summed E-state index contributed by atoms with van der Waals surface area (Å²) in [5.74, 6) is -1.21. The molecule has 1 saturated heterocycles. The van der Waals surface area contributed by atoms with Gasteiger partial charge in [-0.05, 0) is 40.4 Å². The number of carbonyl (C=O) groups is 2. The van der Waals surface area contributed by atoms with Crippen LogP contribution in [0.1, 0.15) is 23.9 Å². The van der Waals surface area contributed by atoms with Crippen LogP contribution >= 0.6 is 15.9 Å². The number of aliphatic carboxylic acids is 1. The summed E-state index contributed by atoms with van der Waals surface area (Å²) in [6.07, 6.45) is 0.687. The van der Waals surface area contributed by atoms with E-state index in [2.05, 4.69) is 15.9 Å². The molecule has 1 aliphatic rings. The number of furan rings is 1. The molecule has 0 radical (unpaired) electrons. The Morgan fingerprint density at radius 1 is 1.43 bits per heavy atom. The highest BCUT2D eigenvalue weighted by atomic mass is 79.9. The number of likely N-dealkylation sites (tertiary alicyclic amines) is 1. The maximum Gasteiger partial charge on any atom is 0.326 e. The van der Waals surface area contributed by atoms with E-state index >= 15 is 0 Å². The molecule has 3 rings (SSSR count). The van der Waals surface area contributed by atoms with Crippen LogP contribution in [-0.4, -0.2) is 34.5 Å². The minimum Gasteiger partial charge on any atom is -0.480 e. The summed E-state index contributed by atoms with van der Waals surface area (Å²) in [4.78, 5) is 25.3. The Hall–Kier alpha value is -1.82. The molecule has 2 heterocycles. The van der Waals surface area contributed by atoms with Gasteiger partial charge in [-0.2, -0.15) is 0 Å². The van der Waals surface area contributed by atoms with Crippen molar-refractivity contribution in [3.8, 4) is 0 Å². The second-order valence-corrected chi connectivity index (χ2v) is 6.17. The number of carbonyl (C=O) groups excluding carboxylic acids is 1. The summed E-state index contributed by atoms with van der Waals surface area (Å²) in [6.45, 7) is 2.29. The van der Waals surface area contributed by atoms with E-state index in [1.165, 1.54) is 4.90 Å². The number of hydrogen-bond acceptors (Lipinski definition) is 3. The highest BCUT2D eigenvalue weighted by Gasteiger charge is 2.40. The Kier molecular flexibility index (Phi) is 3.49. The first kappa shape index (κ1) is 14.1. The van der Waals surface area contributed by atoms with Crippen molar-refractivity contribution in [2.24, 2.45) is 5.92 Å². The molecule has 1 aliphatic heterocycles. The van der Waals surface area contributed by atoms with Gasteiger partial charge >= 0.3 is 5.97 Å². The number of halogens is 1. The summed E-state index contributed by atoms with van der Waals surface area (Å²) in [5, 5.41) is 10.1. The minimum atomic E-state index is -0.967. The van der Waals surface area contributed by atoms with Gasteiger partial charge in [-0.15, -0.1) is 0 Å². The van der Waals surface area contributed by atoms with Crippen LogP contribution in [-0.2, 0) is 4.79 Å². The Morgan fingerprint density at radius 3 is 2.86 bits per heavy atom. The van der Waals surface area contributed by atoms with Crippen LogP contribution < -0.4 is 0 Å². The summed E-state index contributed by atoms with van der Waals surface area (Å²) < 4.78 is 6.37. The lowest BCUT2D eigenvalue weighted by atomic mass is 10.0. The zero-order chi connectivity index (χ0) is 15.1. The van der Waals surface area contributed by atoms with E-state index < -0.39 is 12.0 Å². The summed E-state index contributed by atoms with van der Waals surface area (Å²) in [5.41, 5.74) is 0.597. The first-order valence-electron chi connectivity index (χ1n) is 6.71. The van der Waals surface area contributed by atoms with Gasteiger partial charge in [0.15, 0.2) is 5.76 Å². The molecule has 2 unspecified atom stereocenters. The monoisotopic (exact) mass is 351 g/mol. The van der Waals surface area contributed by atoms with E-state index in [1.54, 1.807) is 6.07 Å². The molecule has 2 aromatic rings. The summed E-state index contributed by atoms with van der Waals surface area (Å²) in [6, 6.07) is 6.41. The van der Waals surface area contributed by atoms with Crippen molar-refractivity contribution in [1.82, 2.24) is 4.90 Å². The fraction of sp³-hybridized carbons (Fsp3) is 0.333. The third-order valence-electron chi connectivity index (χ3n) is 3.92. The number of carboxylic acid groups (broad SMARTS) is 1. The van der Waals surface area contributed by atoms with Crippen molar-refractivity contribution in [3.05, 3.63) is 34.5 Å². The molecule has 1 amide bonds. The quantitative estimate of drug-likeness (QED) is 0.902. The molecule has 1 N–H and O–H groups in total. The first-order chi connectivity index (χ1) is 9.99. The van der Waals surface area contributed by atoms with Crippen LogP contribution in [0.2, 0.25) is 0 Å². The molecule has 0 aliphatic carbocycles. The Morgan fingerprint density at radius 2 is 2.19 bits per heavy atom. The van der Waals surface area contributed by atoms with Crippen LogP contribution in [0.25, 0.3) is 11.0 Å². The van der Waals surface area contributed by atoms with Crippen LogP contribution in [0.4, 0.5) is 0 Å². The van der Waals surface area contributed by atoms with E-state index in [0.717, 1.165) is 9.86 Å². The minimum absolute atomic E-state index is 0.0532. The van der Waals surface area contributed by atoms with E-state index in [9.17, 15) is 14.7 Å². The van der Waals surface area contributed by atoms with Crippen LogP contribution in [0.15, 0.2) is 33.2 Å². The van der Waals surface area contributed by atoms with Gasteiger partial charge in [0.1, 0.15) is 11.6 Å². The fourth-order valence-corrected chi connectivity index (χ4v) is 3.29. The van der Waals surface area contributed by atoms with E-state index in [0.29, 0.717) is 18.5 Å². The molecule has 0 saturated carbocycles. The molecular weight excluding hydrogens is 338 g/mol. The molecule has 0 spiro atoms. The second kappa shape index (κ2) is 5.18. The predicted molar refractivity (Wildman–Crippen MR) is 80.2 cm³/mol. The Balaban J connectivity index is 1.97. The van der Waals surface area contributed by atoms with Crippen molar-refractivity contribution in [3.63, 3.8) is 0 Å². The zero-order valence-corrected chi connectivity index (χ0v) is 13.0. The van der Waals surface area contributed by atoms with Crippen molar-refractivity contribution in [2.45, 2.75) is 19.4 Å². The molecular formula is C15H14BrNO4. The van der Waals surface area contributed by atoms with Gasteiger partial charge in [0.2, 0.25) is 0 Å². The lowest BCUT2D eigenvalue weighted by molar-refractivity contribution is -0.142. The maximum absolute atomic E-state index is 12.5. The average Bonchev–Trinajstić information content (AvgIpc) is 3.02. The molecule has 0 bridgehead atoms. The molecule has 1 fully saturated rings. The molecule has 5 nitrogen and oxygen atoms in total. The van der Waals surface area contributed by atoms with Gasteiger partial charge in [0, 0.05) is 11.9 Å². The third-order valence-corrected chi connectivity index (χ3v) is 4.55. The Bertz CT molecular complexity index is 724. The van der Waals surface area contributed by atoms with Crippen molar-refractivity contribution in [1.29, 1.82) is 0 Å². The van der Waals surface area contributed by atoms with Gasteiger partial charge in [0.25, 0.3) is 5.91 Å². The zero-order valence-electron chi connectivity index (χ0n) is 11.4. The molecule has 110 valence electrons. The molecule has 2 atom stereocenters. The third kappa shape index (κ3) is 2.33.